The van der Waals surface area contributed by atoms with E-state index in [1.54, 1.807) is 16.7 Å². The molecule has 2 aliphatic rings. The van der Waals surface area contributed by atoms with Crippen LogP contribution in [0.5, 0.6) is 0 Å². The molecule has 3 rings (SSSR count). The molecule has 1 atom stereocenters. The molecule has 1 aliphatic heterocycles. The van der Waals surface area contributed by atoms with Gasteiger partial charge in [-0.15, -0.1) is 11.8 Å². The number of carbonyl (C=O) groups is 2. The smallest absolute Gasteiger partial charge is 0.411 e. The summed E-state index contributed by atoms with van der Waals surface area (Å²) in [5, 5.41) is 3.16. The molecule has 1 saturated heterocycles. The fraction of sp³-hybridized carbons (Fsp3) is 0.579. The summed E-state index contributed by atoms with van der Waals surface area (Å²) in [7, 11) is 0. The molecule has 0 bridgehead atoms. The molecule has 136 valence electrons. The zero-order valence-electron chi connectivity index (χ0n) is 14.5. The lowest BCUT2D eigenvalue weighted by Gasteiger charge is -2.25. The summed E-state index contributed by atoms with van der Waals surface area (Å²) in [5.74, 6) is 1.11. The van der Waals surface area contributed by atoms with Gasteiger partial charge in [-0.1, -0.05) is 56.0 Å². The maximum absolute atomic E-state index is 12.6. The first-order valence-electron chi connectivity index (χ1n) is 9.09. The van der Waals surface area contributed by atoms with E-state index in [-0.39, 0.29) is 18.6 Å². The van der Waals surface area contributed by atoms with Crippen LogP contribution in [0.2, 0.25) is 0 Å². The molecule has 1 saturated carbocycles. The second-order valence-corrected chi connectivity index (χ2v) is 7.72. The van der Waals surface area contributed by atoms with Gasteiger partial charge in [0.1, 0.15) is 12.6 Å². The molecule has 1 N–H and O–H groups in total. The highest BCUT2D eigenvalue weighted by Gasteiger charge is 2.36. The third kappa shape index (κ3) is 5.14. The molecule has 1 aromatic carbocycles. The van der Waals surface area contributed by atoms with Crippen LogP contribution >= 0.6 is 11.8 Å². The number of benzene rings is 1. The second-order valence-electron chi connectivity index (χ2n) is 6.72. The van der Waals surface area contributed by atoms with Gasteiger partial charge in [0.15, 0.2) is 0 Å². The lowest BCUT2D eigenvalue weighted by atomic mass is 10.1. The predicted octanol–water partition coefficient (Wildman–Crippen LogP) is 3.54. The van der Waals surface area contributed by atoms with Crippen LogP contribution in [0.4, 0.5) is 4.79 Å². The van der Waals surface area contributed by atoms with Crippen LogP contribution in [0.15, 0.2) is 30.3 Å². The monoisotopic (exact) mass is 362 g/mol. The van der Waals surface area contributed by atoms with Gasteiger partial charge in [0.25, 0.3) is 0 Å². The summed E-state index contributed by atoms with van der Waals surface area (Å²) in [6, 6.07) is 9.43. The Bertz CT molecular complexity index is 573. The number of ether oxygens (including phenoxy) is 1. The Balaban J connectivity index is 1.52. The maximum Gasteiger partial charge on any atom is 0.411 e. The van der Waals surface area contributed by atoms with Crippen LogP contribution in [0.3, 0.4) is 0 Å². The molecule has 2 amide bonds. The second kappa shape index (κ2) is 9.13. The van der Waals surface area contributed by atoms with Crippen molar-refractivity contribution in [1.29, 1.82) is 0 Å². The zero-order valence-corrected chi connectivity index (χ0v) is 15.3. The van der Waals surface area contributed by atoms with E-state index in [1.165, 1.54) is 25.7 Å². The summed E-state index contributed by atoms with van der Waals surface area (Å²) in [4.78, 5) is 26.6. The van der Waals surface area contributed by atoms with E-state index < -0.39 is 12.1 Å². The van der Waals surface area contributed by atoms with E-state index in [9.17, 15) is 9.59 Å². The Morgan fingerprint density at radius 3 is 2.56 bits per heavy atom. The third-order valence-electron chi connectivity index (χ3n) is 4.83. The molecule has 0 aromatic heterocycles. The van der Waals surface area contributed by atoms with Crippen molar-refractivity contribution in [2.75, 3.05) is 11.6 Å². The van der Waals surface area contributed by atoms with Crippen LogP contribution in [0.1, 0.15) is 44.1 Å². The number of hydrogen-bond acceptors (Lipinski definition) is 4. The van der Waals surface area contributed by atoms with E-state index in [0.717, 1.165) is 18.4 Å². The number of amides is 2. The first-order chi connectivity index (χ1) is 12.2. The first-order valence-corrected chi connectivity index (χ1v) is 10.2. The fourth-order valence-corrected chi connectivity index (χ4v) is 4.51. The van der Waals surface area contributed by atoms with Gasteiger partial charge in [0.2, 0.25) is 5.91 Å². The highest BCUT2D eigenvalue weighted by Crippen LogP contribution is 2.23. The molecule has 5 nitrogen and oxygen atoms in total. The molecule has 1 aliphatic carbocycles. The van der Waals surface area contributed by atoms with E-state index in [1.807, 2.05) is 30.3 Å². The minimum atomic E-state index is -0.420. The van der Waals surface area contributed by atoms with Crippen molar-refractivity contribution >= 4 is 23.8 Å². The molecule has 2 fully saturated rings. The standard InChI is InChI=1S/C19H26N2O3S/c22-18(20-16-10-6-1-2-7-11-16)17-13-25-14-21(17)19(23)24-12-15-8-4-3-5-9-15/h3-5,8-9,16-17H,1-2,6-7,10-14H2,(H,20,22)/t17-/m0/s1. The van der Waals surface area contributed by atoms with Crippen molar-refractivity contribution in [3.8, 4) is 0 Å². The Hall–Kier alpha value is -1.69. The topological polar surface area (TPSA) is 58.6 Å². The zero-order chi connectivity index (χ0) is 17.5. The number of nitrogens with one attached hydrogen (secondary N) is 1. The highest BCUT2D eigenvalue weighted by molar-refractivity contribution is 7.99. The average molecular weight is 362 g/mol. The normalized spacial score (nSPS) is 21.6. The van der Waals surface area contributed by atoms with E-state index in [4.69, 9.17) is 4.74 Å². The van der Waals surface area contributed by atoms with E-state index in [2.05, 4.69) is 5.32 Å². The van der Waals surface area contributed by atoms with Gasteiger partial charge in [0, 0.05) is 11.8 Å². The molecule has 25 heavy (non-hydrogen) atoms. The summed E-state index contributed by atoms with van der Waals surface area (Å²) in [6.07, 6.45) is 6.54. The summed E-state index contributed by atoms with van der Waals surface area (Å²) in [5.41, 5.74) is 0.946. The van der Waals surface area contributed by atoms with Gasteiger partial charge in [-0.3, -0.25) is 9.69 Å². The number of thioether (sulfide) groups is 1. The minimum absolute atomic E-state index is 0.0337. The lowest BCUT2D eigenvalue weighted by Crippen LogP contribution is -2.50. The van der Waals surface area contributed by atoms with Gasteiger partial charge in [0.05, 0.1) is 5.88 Å². The molecule has 0 radical (unpaired) electrons. The van der Waals surface area contributed by atoms with Gasteiger partial charge in [-0.25, -0.2) is 4.79 Å². The third-order valence-corrected chi connectivity index (χ3v) is 5.84. The summed E-state index contributed by atoms with van der Waals surface area (Å²) >= 11 is 1.60. The summed E-state index contributed by atoms with van der Waals surface area (Å²) in [6.45, 7) is 0.234. The summed E-state index contributed by atoms with van der Waals surface area (Å²) < 4.78 is 5.40. The SMILES string of the molecule is O=C(NC1CCCCCC1)[C@@H]1CSCN1C(=O)OCc1ccccc1. The van der Waals surface area contributed by atoms with Crippen molar-refractivity contribution in [3.05, 3.63) is 35.9 Å². The van der Waals surface area contributed by atoms with E-state index >= 15 is 0 Å². The minimum Gasteiger partial charge on any atom is -0.445 e. The quantitative estimate of drug-likeness (QED) is 0.833. The molecule has 1 aromatic rings. The van der Waals surface area contributed by atoms with Crippen molar-refractivity contribution < 1.29 is 14.3 Å². The predicted molar refractivity (Wildman–Crippen MR) is 99.2 cm³/mol. The van der Waals surface area contributed by atoms with Crippen molar-refractivity contribution in [1.82, 2.24) is 10.2 Å². The highest BCUT2D eigenvalue weighted by atomic mass is 32.2. The number of nitrogens with zero attached hydrogens (tertiary/aromatic N) is 1. The molecule has 1 heterocycles. The van der Waals surface area contributed by atoms with Crippen molar-refractivity contribution in [2.45, 2.75) is 57.2 Å². The molecular weight excluding hydrogens is 336 g/mol. The van der Waals surface area contributed by atoms with Crippen LogP contribution in [-0.2, 0) is 16.1 Å². The Morgan fingerprint density at radius 2 is 1.84 bits per heavy atom. The average Bonchev–Trinajstić information content (AvgIpc) is 3.00. The van der Waals surface area contributed by atoms with Gasteiger partial charge < -0.3 is 10.1 Å². The number of rotatable bonds is 4. The number of hydrogen-bond donors (Lipinski definition) is 1. The van der Waals surface area contributed by atoms with Crippen LogP contribution in [0.25, 0.3) is 0 Å². The van der Waals surface area contributed by atoms with Crippen LogP contribution < -0.4 is 5.32 Å². The largest absolute Gasteiger partial charge is 0.445 e. The molecule has 0 spiro atoms. The maximum atomic E-state index is 12.6. The van der Waals surface area contributed by atoms with Crippen LogP contribution in [-0.4, -0.2) is 40.6 Å². The van der Waals surface area contributed by atoms with Crippen molar-refractivity contribution in [2.24, 2.45) is 0 Å². The number of carbonyl (C=O) groups excluding carboxylic acids is 2. The molecule has 0 unspecified atom stereocenters. The Kier molecular flexibility index (Phi) is 6.62. The molecular formula is C19H26N2O3S. The van der Waals surface area contributed by atoms with Gasteiger partial charge in [-0.2, -0.15) is 0 Å². The van der Waals surface area contributed by atoms with Gasteiger partial charge >= 0.3 is 6.09 Å². The fourth-order valence-electron chi connectivity index (χ4n) is 3.36. The van der Waals surface area contributed by atoms with E-state index in [0.29, 0.717) is 11.6 Å². The molecule has 6 heteroatoms. The van der Waals surface area contributed by atoms with Crippen LogP contribution in [0, 0.1) is 0 Å². The lowest BCUT2D eigenvalue weighted by molar-refractivity contribution is -0.125. The Labute approximate surface area is 153 Å². The Morgan fingerprint density at radius 1 is 1.12 bits per heavy atom. The van der Waals surface area contributed by atoms with Crippen molar-refractivity contribution in [3.63, 3.8) is 0 Å². The van der Waals surface area contributed by atoms with Gasteiger partial charge in [-0.05, 0) is 18.4 Å². The first kappa shape index (κ1) is 18.1.